The van der Waals surface area contributed by atoms with Gasteiger partial charge < -0.3 is 34.6 Å². The fourth-order valence-electron chi connectivity index (χ4n) is 5.94. The SMILES string of the molecule is CC12CCC(C(=O)N(CCC[NH+]3CC[NH+](C/C=C/c4ccccc4)CC3)C1=O)C2(C)C.[Cl-].[Cl-]. The van der Waals surface area contributed by atoms with Crippen molar-refractivity contribution < 1.29 is 44.2 Å². The molecule has 2 atom stereocenters. The normalized spacial score (nSPS) is 30.8. The number of nitrogens with zero attached hydrogens (tertiary/aromatic N) is 1. The number of benzene rings is 1. The predicted molar refractivity (Wildman–Crippen MR) is 123 cm³/mol. The van der Waals surface area contributed by atoms with Gasteiger partial charge in [0.25, 0.3) is 0 Å². The third-order valence-electron chi connectivity index (χ3n) is 8.60. The molecule has 4 rings (SSSR count). The van der Waals surface area contributed by atoms with Crippen LogP contribution >= 0.6 is 0 Å². The van der Waals surface area contributed by atoms with Crippen LogP contribution in [0.3, 0.4) is 0 Å². The molecule has 184 valence electrons. The van der Waals surface area contributed by atoms with Crippen molar-refractivity contribution in [1.29, 1.82) is 0 Å². The van der Waals surface area contributed by atoms with Crippen LogP contribution in [-0.2, 0) is 9.59 Å². The molecule has 1 aromatic carbocycles. The van der Waals surface area contributed by atoms with Crippen molar-refractivity contribution in [3.8, 4) is 0 Å². The van der Waals surface area contributed by atoms with Crippen LogP contribution in [0.15, 0.2) is 36.4 Å². The van der Waals surface area contributed by atoms with Gasteiger partial charge >= 0.3 is 0 Å². The summed E-state index contributed by atoms with van der Waals surface area (Å²) < 4.78 is 0. The summed E-state index contributed by atoms with van der Waals surface area (Å²) in [5.41, 5.74) is 0.677. The van der Waals surface area contributed by atoms with Gasteiger partial charge in [-0.15, -0.1) is 0 Å². The zero-order valence-electron chi connectivity index (χ0n) is 20.2. The number of carbonyl (C=O) groups excluding carboxylic acids is 2. The molecule has 1 aliphatic carbocycles. The summed E-state index contributed by atoms with van der Waals surface area (Å²) in [6.45, 7) is 13.7. The van der Waals surface area contributed by atoms with Crippen LogP contribution in [0.5, 0.6) is 0 Å². The first-order valence-electron chi connectivity index (χ1n) is 12.1. The first-order valence-corrected chi connectivity index (χ1v) is 12.1. The van der Waals surface area contributed by atoms with Gasteiger partial charge in [-0.2, -0.15) is 0 Å². The van der Waals surface area contributed by atoms with E-state index in [1.54, 1.807) is 14.7 Å². The van der Waals surface area contributed by atoms with Crippen molar-refractivity contribution >= 4 is 17.9 Å². The lowest BCUT2D eigenvalue weighted by Gasteiger charge is -2.47. The fraction of sp³-hybridized carbons (Fsp3) is 0.615. The van der Waals surface area contributed by atoms with Crippen LogP contribution in [0.25, 0.3) is 6.08 Å². The van der Waals surface area contributed by atoms with E-state index in [1.165, 1.54) is 31.7 Å². The molecule has 2 aliphatic heterocycles. The number of fused-ring (bicyclic) bond motifs is 2. The molecule has 33 heavy (non-hydrogen) atoms. The van der Waals surface area contributed by atoms with Gasteiger partial charge in [-0.25, -0.2) is 0 Å². The second kappa shape index (κ2) is 11.4. The topological polar surface area (TPSA) is 46.3 Å². The summed E-state index contributed by atoms with van der Waals surface area (Å²) in [4.78, 5) is 31.0. The molecule has 0 radical (unpaired) electrons. The molecule has 3 fully saturated rings. The highest BCUT2D eigenvalue weighted by Crippen LogP contribution is 2.59. The number of quaternary nitrogens is 2. The summed E-state index contributed by atoms with van der Waals surface area (Å²) in [6, 6.07) is 10.5. The van der Waals surface area contributed by atoms with E-state index >= 15 is 0 Å². The Balaban J connectivity index is 0.00000193. The van der Waals surface area contributed by atoms with Crippen LogP contribution in [0.4, 0.5) is 0 Å². The molecule has 2 bridgehead atoms. The molecule has 2 saturated heterocycles. The summed E-state index contributed by atoms with van der Waals surface area (Å²) in [5.74, 6) is 0.170. The number of nitrogens with one attached hydrogen (secondary N) is 2. The zero-order valence-corrected chi connectivity index (χ0v) is 21.7. The van der Waals surface area contributed by atoms with Gasteiger partial charge in [-0.05, 0) is 29.9 Å². The molecule has 2 heterocycles. The third-order valence-corrected chi connectivity index (χ3v) is 8.60. The number of carbonyl (C=O) groups is 2. The second-order valence-electron chi connectivity index (χ2n) is 10.6. The standard InChI is InChI=1S/C26H37N3O2.2ClH/c1-25(2)22-12-13-26(25,3)24(31)29(23(22)30)16-8-15-28-19-17-27(18-20-28)14-7-11-21-9-5-4-6-10-21;;/h4-7,9-11,22H,8,12-20H2,1-3H3;2*1H/b11-7+;;. The molecule has 3 aliphatic rings. The molecular formula is C26H39Cl2N3O2. The molecule has 1 saturated carbocycles. The Hall–Kier alpha value is -1.40. The first-order chi connectivity index (χ1) is 14.8. The highest BCUT2D eigenvalue weighted by molar-refractivity contribution is 6.03. The summed E-state index contributed by atoms with van der Waals surface area (Å²) in [5, 5.41) is 0. The number of likely N-dealkylation sites (tertiary alicyclic amines) is 1. The minimum atomic E-state index is -0.374. The zero-order chi connectivity index (χ0) is 22.1. The number of hydrogen-bond donors (Lipinski definition) is 2. The highest BCUT2D eigenvalue weighted by atomic mass is 35.5. The number of piperazine rings is 1. The van der Waals surface area contributed by atoms with Crippen LogP contribution in [0, 0.1) is 16.7 Å². The highest BCUT2D eigenvalue weighted by Gasteiger charge is 2.64. The van der Waals surface area contributed by atoms with E-state index in [4.69, 9.17) is 0 Å². The number of imide groups is 1. The molecule has 5 nitrogen and oxygen atoms in total. The Morgan fingerprint density at radius 3 is 2.30 bits per heavy atom. The first kappa shape index (κ1) is 27.8. The lowest BCUT2D eigenvalue weighted by molar-refractivity contribution is -1.01. The average molecular weight is 497 g/mol. The van der Waals surface area contributed by atoms with E-state index in [0.717, 1.165) is 32.4 Å². The van der Waals surface area contributed by atoms with Crippen molar-refractivity contribution in [2.24, 2.45) is 16.7 Å². The van der Waals surface area contributed by atoms with Gasteiger partial charge in [0.15, 0.2) is 0 Å². The number of amides is 2. The number of piperidine rings is 1. The number of rotatable bonds is 7. The maximum atomic E-state index is 13.1. The third kappa shape index (κ3) is 5.48. The second-order valence-corrected chi connectivity index (χ2v) is 10.6. The van der Waals surface area contributed by atoms with Gasteiger partial charge in [0.1, 0.15) is 26.2 Å². The smallest absolute Gasteiger partial charge is 0.235 e. The van der Waals surface area contributed by atoms with Crippen LogP contribution in [0.2, 0.25) is 0 Å². The van der Waals surface area contributed by atoms with Crippen molar-refractivity contribution in [1.82, 2.24) is 4.90 Å². The summed E-state index contributed by atoms with van der Waals surface area (Å²) in [7, 11) is 0. The lowest BCUT2D eigenvalue weighted by Crippen LogP contribution is -3.28. The summed E-state index contributed by atoms with van der Waals surface area (Å²) >= 11 is 0. The Morgan fingerprint density at radius 1 is 1.00 bits per heavy atom. The Morgan fingerprint density at radius 2 is 1.64 bits per heavy atom. The fourth-order valence-corrected chi connectivity index (χ4v) is 5.94. The molecule has 2 unspecified atom stereocenters. The summed E-state index contributed by atoms with van der Waals surface area (Å²) in [6.07, 6.45) is 7.13. The van der Waals surface area contributed by atoms with E-state index in [1.807, 2.05) is 6.07 Å². The molecule has 0 spiro atoms. The average Bonchev–Trinajstić information content (AvgIpc) is 2.96. The van der Waals surface area contributed by atoms with E-state index < -0.39 is 0 Å². The van der Waals surface area contributed by atoms with Gasteiger partial charge in [0.2, 0.25) is 11.8 Å². The van der Waals surface area contributed by atoms with Crippen molar-refractivity contribution in [3.05, 3.63) is 42.0 Å². The minimum absolute atomic E-state index is 0. The molecule has 2 N–H and O–H groups in total. The quantitative estimate of drug-likeness (QED) is 0.371. The van der Waals surface area contributed by atoms with Gasteiger partial charge in [-0.3, -0.25) is 14.5 Å². The van der Waals surface area contributed by atoms with Crippen LogP contribution in [0.1, 0.15) is 45.6 Å². The van der Waals surface area contributed by atoms with E-state index in [9.17, 15) is 9.59 Å². The largest absolute Gasteiger partial charge is 1.00 e. The molecule has 1 aromatic rings. The van der Waals surface area contributed by atoms with Gasteiger partial charge in [0.05, 0.1) is 18.5 Å². The van der Waals surface area contributed by atoms with Gasteiger partial charge in [-0.1, -0.05) is 57.2 Å². The van der Waals surface area contributed by atoms with Crippen LogP contribution in [-0.4, -0.2) is 62.5 Å². The monoisotopic (exact) mass is 495 g/mol. The Bertz CT molecular complexity index is 837. The lowest BCUT2D eigenvalue weighted by atomic mass is 9.62. The molecule has 7 heteroatoms. The van der Waals surface area contributed by atoms with E-state index in [-0.39, 0.29) is 53.4 Å². The minimum Gasteiger partial charge on any atom is -1.00 e. The van der Waals surface area contributed by atoms with E-state index in [2.05, 4.69) is 57.2 Å². The number of hydrogen-bond acceptors (Lipinski definition) is 2. The Labute approximate surface area is 211 Å². The van der Waals surface area contributed by atoms with Crippen molar-refractivity contribution in [3.63, 3.8) is 0 Å². The van der Waals surface area contributed by atoms with E-state index in [0.29, 0.717) is 6.54 Å². The molecule has 0 aromatic heterocycles. The van der Waals surface area contributed by atoms with Crippen LogP contribution < -0.4 is 34.6 Å². The number of halogens is 2. The van der Waals surface area contributed by atoms with Gasteiger partial charge in [0, 0.05) is 18.9 Å². The maximum absolute atomic E-state index is 13.1. The molecule has 2 amide bonds. The van der Waals surface area contributed by atoms with Crippen molar-refractivity contribution in [2.45, 2.75) is 40.0 Å². The molecular weight excluding hydrogens is 457 g/mol. The Kier molecular flexibility index (Phi) is 9.58. The predicted octanol–water partition coefficient (Wildman–Crippen LogP) is -5.31. The maximum Gasteiger partial charge on any atom is 0.235 e. The van der Waals surface area contributed by atoms with Crippen molar-refractivity contribution in [2.75, 3.05) is 45.8 Å².